The first-order valence-corrected chi connectivity index (χ1v) is 9.86. The van der Waals surface area contributed by atoms with Crippen molar-refractivity contribution in [2.24, 2.45) is 0 Å². The highest BCUT2D eigenvalue weighted by Gasteiger charge is 2.52. The number of hydrogen-bond donors (Lipinski definition) is 0. The Morgan fingerprint density at radius 3 is 2.50 bits per heavy atom. The average molecular weight is 347 g/mol. The molecule has 2 aliphatic carbocycles. The van der Waals surface area contributed by atoms with Gasteiger partial charge in [-0.1, -0.05) is 6.07 Å². The fraction of sp³-hybridized carbons (Fsp3) is 0.438. The second-order valence-electron chi connectivity index (χ2n) is 6.40. The van der Waals surface area contributed by atoms with Crippen molar-refractivity contribution in [2.45, 2.75) is 37.0 Å². The first-order chi connectivity index (χ1) is 11.6. The van der Waals surface area contributed by atoms with Gasteiger partial charge in [-0.3, -0.25) is 10.1 Å². The molecule has 1 heterocycles. The Morgan fingerprint density at radius 2 is 1.96 bits per heavy atom. The second-order valence-corrected chi connectivity index (χ2v) is 9.80. The van der Waals surface area contributed by atoms with Crippen LogP contribution in [-0.4, -0.2) is 33.1 Å². The Labute approximate surface area is 139 Å². The summed E-state index contributed by atoms with van der Waals surface area (Å²) in [4.78, 5) is 10.7. The topological polar surface area (TPSA) is 87.3 Å². The molecule has 7 nitrogen and oxygen atoms in total. The number of hydrogen-bond acceptors (Lipinski definition) is 5. The molecular weight excluding hydrogens is 329 g/mol. The molecule has 1 aromatic carbocycles. The van der Waals surface area contributed by atoms with E-state index >= 15 is 0 Å². The maximum absolute atomic E-state index is 13.5. The highest BCUT2D eigenvalue weighted by Crippen LogP contribution is 2.69. The second kappa shape index (κ2) is 5.45. The predicted molar refractivity (Wildman–Crippen MR) is 90.1 cm³/mol. The van der Waals surface area contributed by atoms with E-state index in [0.29, 0.717) is 17.0 Å². The molecule has 0 unspecified atom stereocenters. The zero-order valence-corrected chi connectivity index (χ0v) is 14.2. The summed E-state index contributed by atoms with van der Waals surface area (Å²) in [7, 11) is -1.01. The zero-order chi connectivity index (χ0) is 16.9. The number of nitro groups is 1. The van der Waals surface area contributed by atoms with Gasteiger partial charge < -0.3 is 9.30 Å². The standard InChI is InChI=1S/C16H18N3O4P/c1-23-16-14(3-2-4-15(16)19(20)21)18-10-13(9-17-18)24(22,11-5-6-11)12-7-8-12/h2-4,9-12H,5-8H2,1H3. The molecule has 126 valence electrons. The molecule has 2 aromatic rings. The molecule has 2 saturated carbocycles. The van der Waals surface area contributed by atoms with E-state index < -0.39 is 12.1 Å². The molecule has 0 N–H and O–H groups in total. The molecule has 0 saturated heterocycles. The largest absolute Gasteiger partial charge is 0.489 e. The van der Waals surface area contributed by atoms with Gasteiger partial charge in [0.2, 0.25) is 5.75 Å². The number of methoxy groups -OCH3 is 1. The lowest BCUT2D eigenvalue weighted by molar-refractivity contribution is -0.385. The van der Waals surface area contributed by atoms with Crippen LogP contribution in [0.25, 0.3) is 5.69 Å². The van der Waals surface area contributed by atoms with Crippen LogP contribution < -0.4 is 10.0 Å². The number of rotatable bonds is 6. The van der Waals surface area contributed by atoms with E-state index in [1.54, 1.807) is 29.2 Å². The third-order valence-electron chi connectivity index (χ3n) is 4.77. The summed E-state index contributed by atoms with van der Waals surface area (Å²) in [6.07, 6.45) is 7.53. The number of aromatic nitrogens is 2. The van der Waals surface area contributed by atoms with E-state index in [4.69, 9.17) is 4.74 Å². The van der Waals surface area contributed by atoms with Crippen LogP contribution in [0.1, 0.15) is 25.7 Å². The van der Waals surface area contributed by atoms with Crippen LogP contribution in [0.15, 0.2) is 30.6 Å². The molecule has 2 fully saturated rings. The summed E-state index contributed by atoms with van der Waals surface area (Å²) in [5.41, 5.74) is 0.972. The minimum absolute atomic E-state index is 0.111. The lowest BCUT2D eigenvalue weighted by atomic mass is 10.2. The summed E-state index contributed by atoms with van der Waals surface area (Å²) in [5.74, 6) is 0.157. The van der Waals surface area contributed by atoms with E-state index in [2.05, 4.69) is 5.10 Å². The number of nitro benzene ring substituents is 1. The van der Waals surface area contributed by atoms with Gasteiger partial charge in [-0.25, -0.2) is 4.68 Å². The Balaban J connectivity index is 1.77. The third-order valence-corrected chi connectivity index (χ3v) is 9.01. The lowest BCUT2D eigenvalue weighted by Gasteiger charge is -2.15. The van der Waals surface area contributed by atoms with Gasteiger partial charge >= 0.3 is 5.69 Å². The van der Waals surface area contributed by atoms with Gasteiger partial charge in [-0.05, 0) is 31.7 Å². The fourth-order valence-electron chi connectivity index (χ4n) is 3.31. The molecule has 0 amide bonds. The van der Waals surface area contributed by atoms with Crippen LogP contribution >= 0.6 is 7.14 Å². The smallest absolute Gasteiger partial charge is 0.313 e. The molecule has 24 heavy (non-hydrogen) atoms. The molecule has 4 rings (SSSR count). The Bertz CT molecular complexity index is 839. The fourth-order valence-corrected chi connectivity index (χ4v) is 7.10. The number of ether oxygens (including phenoxy) is 1. The quantitative estimate of drug-likeness (QED) is 0.455. The van der Waals surface area contributed by atoms with Gasteiger partial charge in [0, 0.05) is 23.6 Å². The molecule has 2 aliphatic rings. The molecular formula is C16H18N3O4P. The molecule has 0 radical (unpaired) electrons. The van der Waals surface area contributed by atoms with E-state index in [-0.39, 0.29) is 11.4 Å². The average Bonchev–Trinajstić information content (AvgIpc) is 3.50. The Kier molecular flexibility index (Phi) is 3.49. The van der Waals surface area contributed by atoms with Crippen molar-refractivity contribution in [1.29, 1.82) is 0 Å². The highest BCUT2D eigenvalue weighted by molar-refractivity contribution is 7.73. The van der Waals surface area contributed by atoms with E-state index in [0.717, 1.165) is 31.0 Å². The van der Waals surface area contributed by atoms with E-state index in [1.165, 1.54) is 13.2 Å². The van der Waals surface area contributed by atoms with E-state index in [1.807, 2.05) is 0 Å². The summed E-state index contributed by atoms with van der Waals surface area (Å²) >= 11 is 0. The monoisotopic (exact) mass is 347 g/mol. The number of para-hydroxylation sites is 1. The molecule has 0 atom stereocenters. The minimum atomic E-state index is -2.41. The first kappa shape index (κ1) is 15.4. The Hall–Kier alpha value is -2.14. The number of nitrogens with zero attached hydrogens (tertiary/aromatic N) is 3. The van der Waals surface area contributed by atoms with Crippen LogP contribution in [0, 0.1) is 10.1 Å². The first-order valence-electron chi connectivity index (χ1n) is 8.02. The van der Waals surface area contributed by atoms with Gasteiger partial charge in [0.05, 0.1) is 23.5 Å². The summed E-state index contributed by atoms with van der Waals surface area (Å²) in [6, 6.07) is 4.70. The van der Waals surface area contributed by atoms with Crippen molar-refractivity contribution in [3.05, 3.63) is 40.7 Å². The third kappa shape index (κ3) is 2.35. The van der Waals surface area contributed by atoms with Gasteiger partial charge in [-0.2, -0.15) is 5.10 Å². The molecule has 8 heteroatoms. The van der Waals surface area contributed by atoms with Crippen molar-refractivity contribution in [3.63, 3.8) is 0 Å². The van der Waals surface area contributed by atoms with Crippen molar-refractivity contribution in [3.8, 4) is 11.4 Å². The van der Waals surface area contributed by atoms with Crippen LogP contribution in [0.3, 0.4) is 0 Å². The van der Waals surface area contributed by atoms with Crippen molar-refractivity contribution >= 4 is 18.1 Å². The molecule has 0 bridgehead atoms. The summed E-state index contributed by atoms with van der Waals surface area (Å²) in [6.45, 7) is 0. The maximum atomic E-state index is 13.5. The van der Waals surface area contributed by atoms with Crippen molar-refractivity contribution in [1.82, 2.24) is 9.78 Å². The number of benzene rings is 1. The van der Waals surface area contributed by atoms with E-state index in [9.17, 15) is 14.7 Å². The van der Waals surface area contributed by atoms with Gasteiger partial charge in [-0.15, -0.1) is 0 Å². The van der Waals surface area contributed by atoms with Crippen LogP contribution in [0.2, 0.25) is 0 Å². The van der Waals surface area contributed by atoms with Gasteiger partial charge in [0.1, 0.15) is 12.8 Å². The normalized spacial score (nSPS) is 17.7. The van der Waals surface area contributed by atoms with Crippen LogP contribution in [0.5, 0.6) is 5.75 Å². The highest BCUT2D eigenvalue weighted by atomic mass is 31.2. The summed E-state index contributed by atoms with van der Waals surface area (Å²) in [5, 5.41) is 16.3. The van der Waals surface area contributed by atoms with Crippen LogP contribution in [-0.2, 0) is 4.57 Å². The predicted octanol–water partition coefficient (Wildman–Crippen LogP) is 3.10. The molecule has 0 aliphatic heterocycles. The van der Waals surface area contributed by atoms with Crippen molar-refractivity contribution < 1.29 is 14.2 Å². The zero-order valence-electron chi connectivity index (χ0n) is 13.3. The maximum Gasteiger partial charge on any atom is 0.313 e. The molecule has 1 aromatic heterocycles. The lowest BCUT2D eigenvalue weighted by Crippen LogP contribution is -2.10. The Morgan fingerprint density at radius 1 is 1.29 bits per heavy atom. The SMILES string of the molecule is COc1c(-n2cc(P(=O)(C3CC3)C3CC3)cn2)cccc1[N+](=O)[O-]. The van der Waals surface area contributed by atoms with Gasteiger partial charge in [0.25, 0.3) is 0 Å². The van der Waals surface area contributed by atoms with Crippen LogP contribution in [0.4, 0.5) is 5.69 Å². The van der Waals surface area contributed by atoms with Crippen molar-refractivity contribution in [2.75, 3.05) is 7.11 Å². The summed E-state index contributed by atoms with van der Waals surface area (Å²) < 4.78 is 20.3. The van der Waals surface area contributed by atoms with Gasteiger partial charge in [0.15, 0.2) is 0 Å². The molecule has 0 spiro atoms. The minimum Gasteiger partial charge on any atom is -0.489 e.